The van der Waals surface area contributed by atoms with Crippen LogP contribution in [0.15, 0.2) is 28.8 Å². The average molecular weight is 473 g/mol. The van der Waals surface area contributed by atoms with Gasteiger partial charge in [-0.2, -0.15) is 4.98 Å². The van der Waals surface area contributed by atoms with Crippen molar-refractivity contribution in [2.75, 3.05) is 19.6 Å². The first-order valence-electron chi connectivity index (χ1n) is 12.2. The molecule has 2 aromatic rings. The molecule has 1 saturated carbocycles. The van der Waals surface area contributed by atoms with E-state index in [0.29, 0.717) is 42.2 Å². The van der Waals surface area contributed by atoms with Gasteiger partial charge in [-0.15, -0.1) is 0 Å². The minimum atomic E-state index is -0.265. The van der Waals surface area contributed by atoms with E-state index in [9.17, 15) is 9.59 Å². The van der Waals surface area contributed by atoms with E-state index in [1.54, 1.807) is 17.0 Å². The Morgan fingerprint density at radius 2 is 1.97 bits per heavy atom. The molecule has 178 valence electrons. The number of hydrogen-bond donors (Lipinski definition) is 0. The average Bonchev–Trinajstić information content (AvgIpc) is 3.53. The maximum atomic E-state index is 13.3. The number of nitrogens with zero attached hydrogens (tertiary/aromatic N) is 4. The third-order valence-corrected chi connectivity index (χ3v) is 7.17. The summed E-state index contributed by atoms with van der Waals surface area (Å²) in [5.74, 6) is 1.59. The van der Waals surface area contributed by atoms with Crippen LogP contribution in [-0.4, -0.2) is 51.4 Å². The number of hydrogen-bond acceptors (Lipinski definition) is 5. The van der Waals surface area contributed by atoms with Crippen molar-refractivity contribution in [3.05, 3.63) is 35.2 Å². The lowest BCUT2D eigenvalue weighted by molar-refractivity contribution is -0.143. The van der Waals surface area contributed by atoms with Crippen molar-refractivity contribution in [1.29, 1.82) is 0 Å². The van der Waals surface area contributed by atoms with Crippen LogP contribution in [0.2, 0.25) is 5.02 Å². The molecular formula is C25H33ClN4O3. The van der Waals surface area contributed by atoms with Gasteiger partial charge in [0.2, 0.25) is 23.5 Å². The summed E-state index contributed by atoms with van der Waals surface area (Å²) in [6, 6.07) is 7.03. The first-order valence-corrected chi connectivity index (χ1v) is 12.6. The Morgan fingerprint density at radius 3 is 2.73 bits per heavy atom. The zero-order valence-electron chi connectivity index (χ0n) is 19.3. The smallest absolute Gasteiger partial charge is 0.249 e. The second-order valence-corrected chi connectivity index (χ2v) is 9.60. The summed E-state index contributed by atoms with van der Waals surface area (Å²) in [6.07, 6.45) is 9.17. The van der Waals surface area contributed by atoms with Crippen molar-refractivity contribution in [3.8, 4) is 11.4 Å². The van der Waals surface area contributed by atoms with Crippen LogP contribution in [0.25, 0.3) is 11.4 Å². The van der Waals surface area contributed by atoms with Gasteiger partial charge in [0.25, 0.3) is 0 Å². The molecule has 33 heavy (non-hydrogen) atoms. The molecule has 1 unspecified atom stereocenters. The van der Waals surface area contributed by atoms with E-state index in [2.05, 4.69) is 10.1 Å². The van der Waals surface area contributed by atoms with Crippen LogP contribution in [0, 0.1) is 5.92 Å². The lowest BCUT2D eigenvalue weighted by Gasteiger charge is -2.35. The first-order chi connectivity index (χ1) is 16.0. The standard InChI is InChI=1S/C25H33ClN4O3/c1-2-29(22(31)14-13-18-8-3-4-9-18)17-23(32)30-15-6-5-12-21(30)25-27-24(28-33-25)19-10-7-11-20(26)16-19/h7,10-11,16,18,21H,2-6,8-9,12-15,17H2,1H3. The van der Waals surface area contributed by atoms with E-state index in [-0.39, 0.29) is 24.4 Å². The monoisotopic (exact) mass is 472 g/mol. The molecule has 0 bridgehead atoms. The van der Waals surface area contributed by atoms with E-state index in [0.717, 1.165) is 31.2 Å². The van der Waals surface area contributed by atoms with E-state index in [1.807, 2.05) is 24.0 Å². The van der Waals surface area contributed by atoms with Gasteiger partial charge >= 0.3 is 0 Å². The zero-order chi connectivity index (χ0) is 23.2. The number of aromatic nitrogens is 2. The molecule has 0 spiro atoms. The first kappa shape index (κ1) is 23.7. The van der Waals surface area contributed by atoms with Crippen molar-refractivity contribution in [2.45, 2.75) is 70.8 Å². The zero-order valence-corrected chi connectivity index (χ0v) is 20.1. The molecular weight excluding hydrogens is 440 g/mol. The molecule has 1 aromatic heterocycles. The quantitative estimate of drug-likeness (QED) is 0.523. The SMILES string of the molecule is CCN(CC(=O)N1CCCCC1c1nc(-c2cccc(Cl)c2)no1)C(=O)CCC1CCCC1. The summed E-state index contributed by atoms with van der Waals surface area (Å²) in [6.45, 7) is 3.20. The number of benzene rings is 1. The summed E-state index contributed by atoms with van der Waals surface area (Å²) in [7, 11) is 0. The minimum Gasteiger partial charge on any atom is -0.337 e. The van der Waals surface area contributed by atoms with Gasteiger partial charge in [-0.1, -0.05) is 54.6 Å². The van der Waals surface area contributed by atoms with Gasteiger partial charge in [0.15, 0.2) is 0 Å². The molecule has 1 aromatic carbocycles. The summed E-state index contributed by atoms with van der Waals surface area (Å²) in [4.78, 5) is 34.1. The Labute approximate surface area is 200 Å². The molecule has 7 nitrogen and oxygen atoms in total. The van der Waals surface area contributed by atoms with Crippen LogP contribution < -0.4 is 0 Å². The van der Waals surface area contributed by atoms with Gasteiger partial charge in [-0.25, -0.2) is 0 Å². The van der Waals surface area contributed by atoms with Gasteiger partial charge in [-0.3, -0.25) is 9.59 Å². The number of rotatable bonds is 8. The molecule has 0 N–H and O–H groups in total. The van der Waals surface area contributed by atoms with E-state index in [1.165, 1.54) is 25.7 Å². The number of carbonyl (C=O) groups excluding carboxylic acids is 2. The van der Waals surface area contributed by atoms with Gasteiger partial charge in [0.1, 0.15) is 6.04 Å². The fraction of sp³-hybridized carbons (Fsp3) is 0.600. The highest BCUT2D eigenvalue weighted by molar-refractivity contribution is 6.30. The fourth-order valence-electron chi connectivity index (χ4n) is 5.02. The molecule has 1 saturated heterocycles. The normalized spacial score (nSPS) is 19.1. The molecule has 2 amide bonds. The number of likely N-dealkylation sites (tertiary alicyclic amines) is 1. The molecule has 4 rings (SSSR count). The van der Waals surface area contributed by atoms with Crippen molar-refractivity contribution in [2.24, 2.45) is 5.92 Å². The van der Waals surface area contributed by atoms with E-state index < -0.39 is 0 Å². The van der Waals surface area contributed by atoms with Crippen LogP contribution in [0.3, 0.4) is 0 Å². The Balaban J connectivity index is 1.41. The maximum absolute atomic E-state index is 13.3. The third-order valence-electron chi connectivity index (χ3n) is 6.93. The van der Waals surface area contributed by atoms with Crippen LogP contribution in [0.5, 0.6) is 0 Å². The lowest BCUT2D eigenvalue weighted by Crippen LogP contribution is -2.46. The van der Waals surface area contributed by atoms with Gasteiger partial charge in [0, 0.05) is 30.1 Å². The van der Waals surface area contributed by atoms with E-state index >= 15 is 0 Å². The summed E-state index contributed by atoms with van der Waals surface area (Å²) >= 11 is 6.09. The Hall–Kier alpha value is -2.41. The lowest BCUT2D eigenvalue weighted by atomic mass is 10.0. The minimum absolute atomic E-state index is 0.0572. The molecule has 1 aliphatic heterocycles. The summed E-state index contributed by atoms with van der Waals surface area (Å²) in [5.41, 5.74) is 0.774. The molecule has 2 aliphatic rings. The van der Waals surface area contributed by atoms with Crippen molar-refractivity contribution in [1.82, 2.24) is 19.9 Å². The van der Waals surface area contributed by atoms with E-state index in [4.69, 9.17) is 16.1 Å². The number of carbonyl (C=O) groups is 2. The Bertz CT molecular complexity index is 957. The van der Waals surface area contributed by atoms with Crippen LogP contribution in [0.1, 0.15) is 76.6 Å². The highest BCUT2D eigenvalue weighted by atomic mass is 35.5. The predicted molar refractivity (Wildman–Crippen MR) is 126 cm³/mol. The summed E-state index contributed by atoms with van der Waals surface area (Å²) in [5, 5.41) is 4.72. The largest absolute Gasteiger partial charge is 0.337 e. The molecule has 2 fully saturated rings. The van der Waals surface area contributed by atoms with Crippen molar-refractivity contribution >= 4 is 23.4 Å². The van der Waals surface area contributed by atoms with Gasteiger partial charge < -0.3 is 14.3 Å². The topological polar surface area (TPSA) is 79.5 Å². The maximum Gasteiger partial charge on any atom is 0.249 e. The fourth-order valence-corrected chi connectivity index (χ4v) is 5.21. The molecule has 0 radical (unpaired) electrons. The second-order valence-electron chi connectivity index (χ2n) is 9.16. The highest BCUT2D eigenvalue weighted by Crippen LogP contribution is 2.32. The second kappa shape index (κ2) is 11.1. The van der Waals surface area contributed by atoms with Crippen LogP contribution in [-0.2, 0) is 9.59 Å². The molecule has 2 heterocycles. The highest BCUT2D eigenvalue weighted by Gasteiger charge is 2.33. The Kier molecular flexibility index (Phi) is 8.02. The van der Waals surface area contributed by atoms with Gasteiger partial charge in [0.05, 0.1) is 6.54 Å². The third kappa shape index (κ3) is 5.94. The Morgan fingerprint density at radius 1 is 1.18 bits per heavy atom. The molecule has 1 atom stereocenters. The number of halogens is 1. The number of piperidine rings is 1. The molecule has 8 heteroatoms. The van der Waals surface area contributed by atoms with Crippen LogP contribution >= 0.6 is 11.6 Å². The van der Waals surface area contributed by atoms with Crippen LogP contribution in [0.4, 0.5) is 0 Å². The number of amides is 2. The van der Waals surface area contributed by atoms with Crippen molar-refractivity contribution in [3.63, 3.8) is 0 Å². The van der Waals surface area contributed by atoms with Gasteiger partial charge in [-0.05, 0) is 50.7 Å². The van der Waals surface area contributed by atoms with Crippen molar-refractivity contribution < 1.29 is 14.1 Å². The number of likely N-dealkylation sites (N-methyl/N-ethyl adjacent to an activating group) is 1. The predicted octanol–water partition coefficient (Wildman–Crippen LogP) is 5.26. The summed E-state index contributed by atoms with van der Waals surface area (Å²) < 4.78 is 5.57. The molecule has 1 aliphatic carbocycles.